The Bertz CT molecular complexity index is 206. The van der Waals surface area contributed by atoms with E-state index < -0.39 is 6.10 Å². The summed E-state index contributed by atoms with van der Waals surface area (Å²) in [5, 5.41) is 9.53. The highest BCUT2D eigenvalue weighted by atomic mass is 16.5. The first kappa shape index (κ1) is 10.3. The van der Waals surface area contributed by atoms with Gasteiger partial charge in [0.15, 0.2) is 0 Å². The first-order valence-electron chi connectivity index (χ1n) is 4.63. The first-order valence-corrected chi connectivity index (χ1v) is 4.63. The lowest BCUT2D eigenvalue weighted by molar-refractivity contribution is 0.0718. The molecule has 0 aliphatic heterocycles. The molecule has 0 spiro atoms. The van der Waals surface area contributed by atoms with Crippen LogP contribution in [0.25, 0.3) is 0 Å². The minimum atomic E-state index is -0.535. The van der Waals surface area contributed by atoms with Crippen LogP contribution in [0.4, 0.5) is 0 Å². The molecule has 0 aromatic carbocycles. The third-order valence-electron chi connectivity index (χ3n) is 1.76. The van der Waals surface area contributed by atoms with Gasteiger partial charge in [0.05, 0.1) is 6.26 Å². The molecule has 1 atom stereocenters. The monoisotopic (exact) mass is 184 g/mol. The maximum atomic E-state index is 9.53. The van der Waals surface area contributed by atoms with Gasteiger partial charge in [0.2, 0.25) is 0 Å². The highest BCUT2D eigenvalue weighted by molar-refractivity contribution is 5.01. The predicted molar refractivity (Wildman–Crippen MR) is 49.4 cm³/mol. The maximum Gasteiger partial charge on any atom is 0.132 e. The fourth-order valence-corrected chi connectivity index (χ4v) is 1.06. The van der Waals surface area contributed by atoms with Crippen molar-refractivity contribution in [2.45, 2.75) is 25.9 Å². The van der Waals surface area contributed by atoms with Crippen molar-refractivity contribution in [2.24, 2.45) is 0 Å². The van der Waals surface area contributed by atoms with Crippen LogP contribution in [0.1, 0.15) is 31.6 Å². The lowest BCUT2D eigenvalue weighted by Crippen LogP contribution is -2.02. The van der Waals surface area contributed by atoms with Gasteiger partial charge >= 0.3 is 0 Å². The minimum Gasteiger partial charge on any atom is -0.467 e. The van der Waals surface area contributed by atoms with E-state index in [1.165, 1.54) is 0 Å². The van der Waals surface area contributed by atoms with Crippen molar-refractivity contribution in [3.63, 3.8) is 0 Å². The van der Waals surface area contributed by atoms with E-state index in [1.807, 2.05) is 0 Å². The fraction of sp³-hybridized carbons (Fsp3) is 0.600. The summed E-state index contributed by atoms with van der Waals surface area (Å²) in [5.41, 5.74) is 0. The topological polar surface area (TPSA) is 42.6 Å². The van der Waals surface area contributed by atoms with E-state index in [4.69, 9.17) is 9.15 Å². The van der Waals surface area contributed by atoms with Gasteiger partial charge < -0.3 is 14.3 Å². The van der Waals surface area contributed by atoms with Crippen molar-refractivity contribution in [3.8, 4) is 0 Å². The van der Waals surface area contributed by atoms with E-state index in [-0.39, 0.29) is 0 Å². The van der Waals surface area contributed by atoms with Crippen LogP contribution in [0.3, 0.4) is 0 Å². The quantitative estimate of drug-likeness (QED) is 0.689. The third-order valence-corrected chi connectivity index (χ3v) is 1.76. The number of ether oxygens (including phenoxy) is 1. The molecule has 1 heterocycles. The Kier molecular flexibility index (Phi) is 4.57. The molecule has 0 aliphatic rings. The largest absolute Gasteiger partial charge is 0.467 e. The molecule has 74 valence electrons. The highest BCUT2D eigenvalue weighted by Gasteiger charge is 2.09. The number of aliphatic hydroxyl groups excluding tert-OH is 1. The van der Waals surface area contributed by atoms with E-state index in [9.17, 15) is 5.11 Å². The van der Waals surface area contributed by atoms with Crippen LogP contribution < -0.4 is 0 Å². The average Bonchev–Trinajstić information content (AvgIpc) is 2.65. The molecule has 0 fully saturated rings. The summed E-state index contributed by atoms with van der Waals surface area (Å²) in [4.78, 5) is 0. The number of hydrogen-bond donors (Lipinski definition) is 1. The summed E-state index contributed by atoms with van der Waals surface area (Å²) in [7, 11) is 0. The molecule has 0 saturated carbocycles. The Labute approximate surface area is 78.3 Å². The number of aliphatic hydroxyl groups is 1. The van der Waals surface area contributed by atoms with Gasteiger partial charge in [0, 0.05) is 19.6 Å². The van der Waals surface area contributed by atoms with Gasteiger partial charge in [-0.3, -0.25) is 0 Å². The van der Waals surface area contributed by atoms with Gasteiger partial charge in [-0.1, -0.05) is 6.92 Å². The zero-order valence-electron chi connectivity index (χ0n) is 7.90. The number of rotatable bonds is 6. The molecule has 3 nitrogen and oxygen atoms in total. The Morgan fingerprint density at radius 1 is 1.54 bits per heavy atom. The molecule has 0 saturated heterocycles. The molecule has 0 aliphatic carbocycles. The standard InChI is InChI=1S/C10H16O3/c1-2-6-12-8-5-9(11)10-4-3-7-13-10/h3-4,7,9,11H,2,5-6,8H2,1H3. The van der Waals surface area contributed by atoms with E-state index in [0.717, 1.165) is 13.0 Å². The second-order valence-electron chi connectivity index (χ2n) is 2.93. The van der Waals surface area contributed by atoms with Crippen molar-refractivity contribution in [3.05, 3.63) is 24.2 Å². The van der Waals surface area contributed by atoms with Crippen LogP contribution in [-0.2, 0) is 4.74 Å². The van der Waals surface area contributed by atoms with Gasteiger partial charge in [-0.25, -0.2) is 0 Å². The summed E-state index contributed by atoms with van der Waals surface area (Å²) in [6.07, 6.45) is 2.63. The Balaban J connectivity index is 2.15. The highest BCUT2D eigenvalue weighted by Crippen LogP contribution is 2.16. The molecule has 0 bridgehead atoms. The van der Waals surface area contributed by atoms with E-state index in [2.05, 4.69) is 6.92 Å². The van der Waals surface area contributed by atoms with E-state index in [0.29, 0.717) is 18.8 Å². The molecule has 1 unspecified atom stereocenters. The number of furan rings is 1. The maximum absolute atomic E-state index is 9.53. The molecule has 1 N–H and O–H groups in total. The average molecular weight is 184 g/mol. The fourth-order valence-electron chi connectivity index (χ4n) is 1.06. The van der Waals surface area contributed by atoms with Crippen molar-refractivity contribution in [2.75, 3.05) is 13.2 Å². The Hall–Kier alpha value is -0.800. The lowest BCUT2D eigenvalue weighted by atomic mass is 10.2. The zero-order chi connectivity index (χ0) is 9.52. The van der Waals surface area contributed by atoms with Crippen LogP contribution in [0, 0.1) is 0 Å². The van der Waals surface area contributed by atoms with E-state index >= 15 is 0 Å². The molecular weight excluding hydrogens is 168 g/mol. The minimum absolute atomic E-state index is 0.535. The smallest absolute Gasteiger partial charge is 0.132 e. The first-order chi connectivity index (χ1) is 6.34. The van der Waals surface area contributed by atoms with Gasteiger partial charge in [0.1, 0.15) is 11.9 Å². The molecule has 0 radical (unpaired) electrons. The van der Waals surface area contributed by atoms with Crippen molar-refractivity contribution in [1.82, 2.24) is 0 Å². The molecule has 3 heteroatoms. The van der Waals surface area contributed by atoms with Gasteiger partial charge in [-0.2, -0.15) is 0 Å². The second kappa shape index (κ2) is 5.78. The predicted octanol–water partition coefficient (Wildman–Crippen LogP) is 2.13. The molecule has 13 heavy (non-hydrogen) atoms. The SMILES string of the molecule is CCCOCCC(O)c1ccco1. The van der Waals surface area contributed by atoms with Crippen LogP contribution in [-0.4, -0.2) is 18.3 Å². The zero-order valence-corrected chi connectivity index (χ0v) is 7.90. The van der Waals surface area contributed by atoms with Gasteiger partial charge in [0.25, 0.3) is 0 Å². The molecule has 1 aromatic rings. The van der Waals surface area contributed by atoms with Crippen molar-refractivity contribution < 1.29 is 14.3 Å². The van der Waals surface area contributed by atoms with Gasteiger partial charge in [-0.05, 0) is 18.6 Å². The summed E-state index contributed by atoms with van der Waals surface area (Å²) in [6, 6.07) is 3.54. The van der Waals surface area contributed by atoms with E-state index in [1.54, 1.807) is 18.4 Å². The number of hydrogen-bond acceptors (Lipinski definition) is 3. The molecule has 1 rings (SSSR count). The summed E-state index contributed by atoms with van der Waals surface area (Å²) in [6.45, 7) is 3.39. The molecule has 0 amide bonds. The Morgan fingerprint density at radius 3 is 3.00 bits per heavy atom. The van der Waals surface area contributed by atoms with Crippen molar-refractivity contribution >= 4 is 0 Å². The summed E-state index contributed by atoms with van der Waals surface area (Å²) < 4.78 is 10.3. The second-order valence-corrected chi connectivity index (χ2v) is 2.93. The third kappa shape index (κ3) is 3.61. The summed E-state index contributed by atoms with van der Waals surface area (Å²) >= 11 is 0. The van der Waals surface area contributed by atoms with Crippen LogP contribution in [0.2, 0.25) is 0 Å². The molecule has 1 aromatic heterocycles. The van der Waals surface area contributed by atoms with Crippen LogP contribution in [0.15, 0.2) is 22.8 Å². The molecular formula is C10H16O3. The van der Waals surface area contributed by atoms with Crippen LogP contribution in [0.5, 0.6) is 0 Å². The normalized spacial score (nSPS) is 13.1. The Morgan fingerprint density at radius 2 is 2.38 bits per heavy atom. The summed E-state index contributed by atoms with van der Waals surface area (Å²) in [5.74, 6) is 0.611. The van der Waals surface area contributed by atoms with Crippen LogP contribution >= 0.6 is 0 Å². The van der Waals surface area contributed by atoms with Gasteiger partial charge in [-0.15, -0.1) is 0 Å². The lowest BCUT2D eigenvalue weighted by Gasteiger charge is -2.07. The van der Waals surface area contributed by atoms with Crippen molar-refractivity contribution in [1.29, 1.82) is 0 Å².